The molecular weight excluding hydrogens is 830 g/mol. The highest BCUT2D eigenvalue weighted by molar-refractivity contribution is 7.89. The summed E-state index contributed by atoms with van der Waals surface area (Å²) < 4.78 is 82.8. The second kappa shape index (κ2) is 22.7. The van der Waals surface area contributed by atoms with Crippen LogP contribution in [0.2, 0.25) is 0 Å². The van der Waals surface area contributed by atoms with Gasteiger partial charge in [0.1, 0.15) is 29.4 Å². The number of nitrogens with zero attached hydrogens (tertiary/aromatic N) is 1. The fourth-order valence-corrected chi connectivity index (χ4v) is 10.3. The van der Waals surface area contributed by atoms with Gasteiger partial charge in [0.2, 0.25) is 10.0 Å². The molecule has 5 rings (SSSR count). The number of hydrogen-bond donors (Lipinski definition) is 3. The van der Waals surface area contributed by atoms with Crippen LogP contribution >= 0.6 is 7.52 Å². The smallest absolute Gasteiger partial charge is 0.407 e. The molecule has 0 radical (unpaired) electrons. The minimum atomic E-state index is -4.08. The van der Waals surface area contributed by atoms with Crippen LogP contribution in [0.5, 0.6) is 17.2 Å². The van der Waals surface area contributed by atoms with Crippen LogP contribution in [0.25, 0.3) is 0 Å². The lowest BCUT2D eigenvalue weighted by Crippen LogP contribution is -2.51. The summed E-state index contributed by atoms with van der Waals surface area (Å²) in [7, 11) is -6.46. The molecule has 336 valence electrons. The molecule has 18 heteroatoms. The van der Waals surface area contributed by atoms with Crippen molar-refractivity contribution in [1.29, 1.82) is 0 Å². The van der Waals surface area contributed by atoms with Gasteiger partial charge in [-0.1, -0.05) is 64.4 Å². The highest BCUT2D eigenvalue weighted by atomic mass is 32.2. The first-order valence-electron chi connectivity index (χ1n) is 20.8. The molecule has 3 N–H and O–H groups in total. The standard InChI is InChI=1S/C43H60N3O13PS/c1-6-8-23-54-41(48)37(7-2)45-60(50,59-34-12-10-9-11-13-34)29-57-33-16-14-31(15-17-33)25-38(44-43(49)58-40-28-56-42-36(40)22-24-55-42)39(47)27-46(26-30(3)4)61(51,52)35-20-18-32(53-5)19-21-35/h9-21,30,36-40,42,47H,6-8,22-29H2,1-5H3,(H,44,49)(H,45,50)/t36-,37-,38-,39+,40-,42+,60?/m0/s1. The number of amides is 1. The Labute approximate surface area is 359 Å². The van der Waals surface area contributed by atoms with E-state index >= 15 is 0 Å². The SMILES string of the molecule is CCCCOC(=O)[C@H](CC)NP(=O)(COc1ccc(C[C@H](NC(=O)O[C@H]2CO[C@H]3OCC[C@H]32)[C@H](O)CN(CC(C)C)S(=O)(=O)c2ccc(OC)cc2)cc1)Oc1ccccc1. The quantitative estimate of drug-likeness (QED) is 0.0528. The molecule has 3 aromatic rings. The zero-order valence-electron chi connectivity index (χ0n) is 35.5. The van der Waals surface area contributed by atoms with Crippen LogP contribution in [-0.2, 0) is 44.8 Å². The zero-order chi connectivity index (χ0) is 44.0. The minimum absolute atomic E-state index is 0.0289. The summed E-state index contributed by atoms with van der Waals surface area (Å²) in [6, 6.07) is 19.3. The van der Waals surface area contributed by atoms with Crippen molar-refractivity contribution in [1.82, 2.24) is 14.7 Å². The Kier molecular flexibility index (Phi) is 17.8. The third kappa shape index (κ3) is 13.9. The van der Waals surface area contributed by atoms with Crippen molar-refractivity contribution in [2.24, 2.45) is 11.8 Å². The average Bonchev–Trinajstić information content (AvgIpc) is 3.87. The fourth-order valence-electron chi connectivity index (χ4n) is 6.91. The van der Waals surface area contributed by atoms with Gasteiger partial charge >= 0.3 is 19.6 Å². The van der Waals surface area contributed by atoms with E-state index in [-0.39, 0.29) is 49.5 Å². The van der Waals surface area contributed by atoms with E-state index in [1.54, 1.807) is 73.7 Å². The van der Waals surface area contributed by atoms with Crippen molar-refractivity contribution < 1.29 is 60.6 Å². The molecule has 0 saturated carbocycles. The third-order valence-electron chi connectivity index (χ3n) is 10.2. The molecule has 61 heavy (non-hydrogen) atoms. The number of carbonyl (C=O) groups is 2. The van der Waals surface area contributed by atoms with Crippen LogP contribution in [0.4, 0.5) is 4.79 Å². The molecule has 2 heterocycles. The van der Waals surface area contributed by atoms with Gasteiger partial charge in [-0.05, 0) is 85.7 Å². The van der Waals surface area contributed by atoms with E-state index in [1.165, 1.54) is 23.5 Å². The molecule has 2 aliphatic heterocycles. The Morgan fingerprint density at radius 2 is 1.66 bits per heavy atom. The van der Waals surface area contributed by atoms with Gasteiger partial charge in [0.05, 0.1) is 49.9 Å². The number of alkyl carbamates (subject to hydrolysis) is 1. The first-order chi connectivity index (χ1) is 29.2. The van der Waals surface area contributed by atoms with Gasteiger partial charge in [0, 0.05) is 13.1 Å². The van der Waals surface area contributed by atoms with Gasteiger partial charge in [-0.15, -0.1) is 0 Å². The van der Waals surface area contributed by atoms with Crippen molar-refractivity contribution in [2.45, 2.75) is 95.3 Å². The molecule has 0 aromatic heterocycles. The molecule has 7 atom stereocenters. The van der Waals surface area contributed by atoms with Crippen molar-refractivity contribution in [2.75, 3.05) is 46.4 Å². The number of esters is 1. The fraction of sp³-hybridized carbons (Fsp3) is 0.535. The summed E-state index contributed by atoms with van der Waals surface area (Å²) >= 11 is 0. The van der Waals surface area contributed by atoms with Gasteiger partial charge in [0.25, 0.3) is 0 Å². The molecule has 2 aliphatic rings. The van der Waals surface area contributed by atoms with E-state index in [2.05, 4.69) is 10.4 Å². The number of rotatable bonds is 24. The number of unbranched alkanes of at least 4 members (excludes halogenated alkanes) is 1. The van der Waals surface area contributed by atoms with Gasteiger partial charge in [-0.2, -0.15) is 4.31 Å². The Morgan fingerprint density at radius 1 is 0.951 bits per heavy atom. The summed E-state index contributed by atoms with van der Waals surface area (Å²) in [6.07, 6.45) is -1.01. The van der Waals surface area contributed by atoms with Gasteiger partial charge < -0.3 is 43.4 Å². The maximum atomic E-state index is 14.3. The Balaban J connectivity index is 1.32. The van der Waals surface area contributed by atoms with E-state index in [0.29, 0.717) is 48.7 Å². The molecule has 1 amide bonds. The number of fused-ring (bicyclic) bond motifs is 1. The summed E-state index contributed by atoms with van der Waals surface area (Å²) in [5.74, 6) is 0.396. The molecule has 1 unspecified atom stereocenters. The lowest BCUT2D eigenvalue weighted by molar-refractivity contribution is -0.145. The zero-order valence-corrected chi connectivity index (χ0v) is 37.2. The number of methoxy groups -OCH3 is 1. The number of carbonyl (C=O) groups excluding carboxylic acids is 2. The molecule has 0 spiro atoms. The van der Waals surface area contributed by atoms with Gasteiger partial charge in [-0.25, -0.2) is 18.3 Å². The number of hydrogen-bond acceptors (Lipinski definition) is 13. The third-order valence-corrected chi connectivity index (χ3v) is 13.8. The highest BCUT2D eigenvalue weighted by Crippen LogP contribution is 2.44. The Hall–Kier alpha value is -4.22. The van der Waals surface area contributed by atoms with Crippen molar-refractivity contribution in [3.05, 3.63) is 84.4 Å². The summed E-state index contributed by atoms with van der Waals surface area (Å²) in [5, 5.41) is 17.5. The van der Waals surface area contributed by atoms with E-state index in [0.717, 1.165) is 6.42 Å². The summed E-state index contributed by atoms with van der Waals surface area (Å²) in [6.45, 7) is 8.18. The minimum Gasteiger partial charge on any atom is -0.497 e. The largest absolute Gasteiger partial charge is 0.497 e. The van der Waals surface area contributed by atoms with Crippen LogP contribution in [0, 0.1) is 11.8 Å². The van der Waals surface area contributed by atoms with Gasteiger partial charge in [-0.3, -0.25) is 9.36 Å². The van der Waals surface area contributed by atoms with Gasteiger partial charge in [0.15, 0.2) is 12.6 Å². The maximum absolute atomic E-state index is 14.3. The number of aliphatic hydroxyl groups is 1. The van der Waals surface area contributed by atoms with Crippen LogP contribution in [0.1, 0.15) is 58.9 Å². The number of nitrogens with one attached hydrogen (secondary N) is 2. The van der Waals surface area contributed by atoms with E-state index < -0.39 is 66.5 Å². The first-order valence-corrected chi connectivity index (χ1v) is 24.0. The van der Waals surface area contributed by atoms with Crippen LogP contribution in [0.3, 0.4) is 0 Å². The summed E-state index contributed by atoms with van der Waals surface area (Å²) in [4.78, 5) is 26.3. The molecule has 0 bridgehead atoms. The number of ether oxygens (including phenoxy) is 6. The Morgan fingerprint density at radius 3 is 2.31 bits per heavy atom. The lowest BCUT2D eigenvalue weighted by Gasteiger charge is -2.31. The van der Waals surface area contributed by atoms with Crippen molar-refractivity contribution in [3.8, 4) is 17.2 Å². The predicted molar refractivity (Wildman–Crippen MR) is 227 cm³/mol. The average molecular weight is 890 g/mol. The van der Waals surface area contributed by atoms with Crippen LogP contribution in [0.15, 0.2) is 83.8 Å². The second-order valence-corrected chi connectivity index (χ2v) is 19.5. The Bertz CT molecular complexity index is 1990. The molecule has 2 fully saturated rings. The van der Waals surface area contributed by atoms with E-state index in [4.69, 9.17) is 32.9 Å². The second-order valence-electron chi connectivity index (χ2n) is 15.5. The normalized spacial score (nSPS) is 20.0. The van der Waals surface area contributed by atoms with E-state index in [1.807, 2.05) is 20.8 Å². The highest BCUT2D eigenvalue weighted by Gasteiger charge is 2.44. The molecule has 0 aliphatic carbocycles. The maximum Gasteiger partial charge on any atom is 0.407 e. The van der Waals surface area contributed by atoms with E-state index in [9.17, 15) is 27.7 Å². The summed E-state index contributed by atoms with van der Waals surface area (Å²) in [5.41, 5.74) is 0.654. The topological polar surface area (TPSA) is 197 Å². The molecule has 16 nitrogen and oxygen atoms in total. The van der Waals surface area contributed by atoms with Crippen LogP contribution < -0.4 is 24.4 Å². The number of sulfonamides is 1. The first kappa shape index (κ1) is 47.8. The van der Waals surface area contributed by atoms with Crippen molar-refractivity contribution in [3.63, 3.8) is 0 Å². The number of para-hydroxylation sites is 1. The molecule has 3 aromatic carbocycles. The monoisotopic (exact) mass is 889 g/mol. The number of aliphatic hydroxyl groups excluding tert-OH is 1. The predicted octanol–water partition coefficient (Wildman–Crippen LogP) is 6.12. The number of benzene rings is 3. The molecule has 2 saturated heterocycles. The van der Waals surface area contributed by atoms with Crippen molar-refractivity contribution >= 4 is 29.6 Å². The lowest BCUT2D eigenvalue weighted by atomic mass is 10.0. The van der Waals surface area contributed by atoms with Crippen LogP contribution in [-0.4, -0.2) is 107 Å². The molecular formula is C43H60N3O13PS.